The average molecular weight is 455 g/mol. The van der Waals surface area contributed by atoms with Crippen molar-refractivity contribution in [2.24, 2.45) is 23.7 Å². The van der Waals surface area contributed by atoms with Gasteiger partial charge >= 0.3 is 0 Å². The number of anilines is 1. The minimum absolute atomic E-state index is 0.150. The Morgan fingerprint density at radius 3 is 2.48 bits per heavy atom. The predicted molar refractivity (Wildman–Crippen MR) is 126 cm³/mol. The summed E-state index contributed by atoms with van der Waals surface area (Å²) >= 11 is 0. The number of nitrogens with zero attached hydrogens (tertiary/aromatic N) is 5. The molecule has 180 valence electrons. The van der Waals surface area contributed by atoms with E-state index in [1.807, 2.05) is 4.90 Å². The van der Waals surface area contributed by atoms with E-state index < -0.39 is 0 Å². The van der Waals surface area contributed by atoms with Crippen LogP contribution >= 0.6 is 0 Å². The molecule has 4 aliphatic carbocycles. The van der Waals surface area contributed by atoms with Gasteiger partial charge in [0.2, 0.25) is 5.91 Å². The van der Waals surface area contributed by atoms with Crippen molar-refractivity contribution in [2.75, 3.05) is 57.3 Å². The van der Waals surface area contributed by atoms with Crippen molar-refractivity contribution in [1.82, 2.24) is 25.1 Å². The van der Waals surface area contributed by atoms with E-state index in [0.717, 1.165) is 74.3 Å². The van der Waals surface area contributed by atoms with Gasteiger partial charge in [-0.3, -0.25) is 9.69 Å². The highest BCUT2D eigenvalue weighted by Crippen LogP contribution is 2.55. The standard InChI is InChI=1S/C25H38N6O2/c32-8-7-31(24-19-10-17-9-18(12-19)13-20(24)11-17)25-21-1-4-30(14-22(21)27-16-28-25)23(33)15-29-5-2-26-3-6-29/h16-20,24,26,32H,1-15H2. The third-order valence-electron chi connectivity index (χ3n) is 9.06. The third-order valence-corrected chi connectivity index (χ3v) is 9.06. The van der Waals surface area contributed by atoms with E-state index in [-0.39, 0.29) is 12.5 Å². The Morgan fingerprint density at radius 1 is 1.06 bits per heavy atom. The van der Waals surface area contributed by atoms with Crippen LogP contribution in [-0.2, 0) is 17.8 Å². The van der Waals surface area contributed by atoms with Gasteiger partial charge in [0.05, 0.1) is 25.4 Å². The Labute approximate surface area is 196 Å². The maximum atomic E-state index is 13.0. The molecule has 8 nitrogen and oxygen atoms in total. The number of hydrogen-bond acceptors (Lipinski definition) is 7. The minimum Gasteiger partial charge on any atom is -0.395 e. The number of nitrogens with one attached hydrogen (secondary N) is 1. The Kier molecular flexibility index (Phi) is 6.01. The van der Waals surface area contributed by atoms with Crippen molar-refractivity contribution >= 4 is 11.7 Å². The van der Waals surface area contributed by atoms with Gasteiger partial charge in [-0.25, -0.2) is 9.97 Å². The van der Waals surface area contributed by atoms with Crippen LogP contribution in [-0.4, -0.2) is 89.2 Å². The molecule has 3 heterocycles. The molecule has 0 radical (unpaired) electrons. The van der Waals surface area contributed by atoms with Gasteiger partial charge in [0, 0.05) is 50.9 Å². The van der Waals surface area contributed by atoms with Crippen molar-refractivity contribution in [2.45, 2.75) is 51.1 Å². The Hall–Kier alpha value is -1.77. The fraction of sp³-hybridized carbons (Fsp3) is 0.800. The number of carbonyl (C=O) groups excluding carboxylic acids is 1. The molecule has 0 spiro atoms. The SMILES string of the molecule is O=C(CN1CCNCC1)N1CCc2c(ncnc2N(CCO)C2C3CC4CC(C3)CC2C4)C1. The molecule has 0 aromatic carbocycles. The summed E-state index contributed by atoms with van der Waals surface area (Å²) in [7, 11) is 0. The van der Waals surface area contributed by atoms with Crippen LogP contribution in [0.3, 0.4) is 0 Å². The van der Waals surface area contributed by atoms with Crippen LogP contribution < -0.4 is 10.2 Å². The summed E-state index contributed by atoms with van der Waals surface area (Å²) in [4.78, 5) is 29.1. The van der Waals surface area contributed by atoms with Crippen LogP contribution in [0.25, 0.3) is 0 Å². The van der Waals surface area contributed by atoms with Crippen molar-refractivity contribution < 1.29 is 9.90 Å². The number of carbonyl (C=O) groups is 1. The molecule has 1 aromatic rings. The molecule has 4 saturated carbocycles. The molecule has 8 heteroatoms. The van der Waals surface area contributed by atoms with E-state index in [4.69, 9.17) is 4.98 Å². The van der Waals surface area contributed by atoms with Gasteiger partial charge in [-0.1, -0.05) is 0 Å². The number of hydrogen-bond donors (Lipinski definition) is 2. The second kappa shape index (κ2) is 9.12. The van der Waals surface area contributed by atoms with Crippen molar-refractivity contribution in [3.63, 3.8) is 0 Å². The zero-order valence-corrected chi connectivity index (χ0v) is 19.7. The second-order valence-electron chi connectivity index (χ2n) is 11.1. The smallest absolute Gasteiger partial charge is 0.237 e. The molecule has 7 rings (SSSR count). The Bertz CT molecular complexity index is 844. The minimum atomic E-state index is 0.150. The van der Waals surface area contributed by atoms with Gasteiger partial charge in [0.25, 0.3) is 0 Å². The number of fused-ring (bicyclic) bond motifs is 1. The molecule has 5 fully saturated rings. The number of rotatable bonds is 6. The summed E-state index contributed by atoms with van der Waals surface area (Å²) in [6, 6.07) is 0.497. The van der Waals surface area contributed by atoms with Crippen LogP contribution in [0, 0.1) is 23.7 Å². The summed E-state index contributed by atoms with van der Waals surface area (Å²) in [5.74, 6) is 4.55. The molecule has 2 N–H and O–H groups in total. The van der Waals surface area contributed by atoms with Crippen molar-refractivity contribution in [3.05, 3.63) is 17.6 Å². The zero-order chi connectivity index (χ0) is 22.4. The van der Waals surface area contributed by atoms with Gasteiger partial charge in [-0.05, 0) is 62.2 Å². The molecule has 2 aliphatic heterocycles. The van der Waals surface area contributed by atoms with Crippen LogP contribution in [0.5, 0.6) is 0 Å². The van der Waals surface area contributed by atoms with Crippen LogP contribution in [0.2, 0.25) is 0 Å². The van der Waals surface area contributed by atoms with E-state index in [9.17, 15) is 9.90 Å². The summed E-state index contributed by atoms with van der Waals surface area (Å²) in [5.41, 5.74) is 2.19. The molecule has 1 saturated heterocycles. The second-order valence-corrected chi connectivity index (χ2v) is 11.1. The summed E-state index contributed by atoms with van der Waals surface area (Å²) in [5, 5.41) is 13.3. The number of aromatic nitrogens is 2. The first-order chi connectivity index (χ1) is 16.2. The lowest BCUT2D eigenvalue weighted by molar-refractivity contribution is -0.133. The van der Waals surface area contributed by atoms with Gasteiger partial charge < -0.3 is 20.2 Å². The summed E-state index contributed by atoms with van der Waals surface area (Å²) in [6.45, 7) is 6.37. The number of amides is 1. The largest absolute Gasteiger partial charge is 0.395 e. The van der Waals surface area contributed by atoms with Gasteiger partial charge in [0.15, 0.2) is 0 Å². The molecule has 0 atom stereocenters. The predicted octanol–water partition coefficient (Wildman–Crippen LogP) is 0.890. The van der Waals surface area contributed by atoms with Gasteiger partial charge in [-0.15, -0.1) is 0 Å². The monoisotopic (exact) mass is 454 g/mol. The number of aliphatic hydroxyl groups excluding tert-OH is 1. The third kappa shape index (κ3) is 4.15. The summed E-state index contributed by atoms with van der Waals surface area (Å²) < 4.78 is 0. The molecule has 6 aliphatic rings. The molecule has 1 amide bonds. The topological polar surface area (TPSA) is 84.8 Å². The Balaban J connectivity index is 1.21. The molecular formula is C25H38N6O2. The normalized spacial score (nSPS) is 33.2. The first-order valence-corrected chi connectivity index (χ1v) is 13.1. The van der Waals surface area contributed by atoms with Gasteiger partial charge in [0.1, 0.15) is 12.1 Å². The fourth-order valence-electron chi connectivity index (χ4n) is 7.87. The van der Waals surface area contributed by atoms with E-state index in [1.54, 1.807) is 6.33 Å². The maximum Gasteiger partial charge on any atom is 0.237 e. The van der Waals surface area contributed by atoms with Crippen LogP contribution in [0.4, 0.5) is 5.82 Å². The van der Waals surface area contributed by atoms with Crippen LogP contribution in [0.1, 0.15) is 43.4 Å². The molecule has 33 heavy (non-hydrogen) atoms. The van der Waals surface area contributed by atoms with E-state index >= 15 is 0 Å². The summed E-state index contributed by atoms with van der Waals surface area (Å²) in [6.07, 6.45) is 9.32. The lowest BCUT2D eigenvalue weighted by Gasteiger charge is -2.57. The number of aliphatic hydroxyl groups is 1. The first kappa shape index (κ1) is 21.7. The zero-order valence-electron chi connectivity index (χ0n) is 19.7. The quantitative estimate of drug-likeness (QED) is 0.660. The highest BCUT2D eigenvalue weighted by Gasteiger charge is 2.50. The maximum absolute atomic E-state index is 13.0. The van der Waals surface area contributed by atoms with Crippen molar-refractivity contribution in [3.8, 4) is 0 Å². The molecule has 0 unspecified atom stereocenters. The van der Waals surface area contributed by atoms with Gasteiger partial charge in [-0.2, -0.15) is 0 Å². The van der Waals surface area contributed by atoms with E-state index in [0.29, 0.717) is 25.7 Å². The molecular weight excluding hydrogens is 416 g/mol. The number of piperazine rings is 1. The highest BCUT2D eigenvalue weighted by atomic mass is 16.3. The Morgan fingerprint density at radius 2 is 1.79 bits per heavy atom. The van der Waals surface area contributed by atoms with Crippen molar-refractivity contribution in [1.29, 1.82) is 0 Å². The lowest BCUT2D eigenvalue weighted by atomic mass is 9.54. The fourth-order valence-corrected chi connectivity index (χ4v) is 7.87. The molecule has 1 aromatic heterocycles. The average Bonchev–Trinajstić information content (AvgIpc) is 2.83. The first-order valence-electron chi connectivity index (χ1n) is 13.1. The lowest BCUT2D eigenvalue weighted by Crippen LogP contribution is -2.57. The van der Waals surface area contributed by atoms with E-state index in [2.05, 4.69) is 20.1 Å². The highest BCUT2D eigenvalue weighted by molar-refractivity contribution is 5.78. The van der Waals surface area contributed by atoms with E-state index in [1.165, 1.54) is 37.7 Å². The molecule has 4 bridgehead atoms. The van der Waals surface area contributed by atoms with Crippen LogP contribution in [0.15, 0.2) is 6.33 Å².